The van der Waals surface area contributed by atoms with Gasteiger partial charge in [-0.1, -0.05) is 46.8 Å². The van der Waals surface area contributed by atoms with Gasteiger partial charge in [0, 0.05) is 0 Å². The molecule has 146 valence electrons. The minimum atomic E-state index is -0.661. The maximum absolute atomic E-state index is 13.7. The van der Waals surface area contributed by atoms with Crippen LogP contribution in [0.1, 0.15) is 34.6 Å². The second-order valence-corrected chi connectivity index (χ2v) is 7.72. The number of para-hydroxylation sites is 1. The first kappa shape index (κ1) is 21.9. The number of halogens is 1. The van der Waals surface area contributed by atoms with Crippen LogP contribution in [0.15, 0.2) is 24.3 Å². The van der Waals surface area contributed by atoms with Crippen LogP contribution in [0, 0.1) is 17.2 Å². The number of rotatable bonds is 8. The van der Waals surface area contributed by atoms with Gasteiger partial charge in [0.15, 0.2) is 11.6 Å². The number of ether oxygens (including phenoxy) is 1. The third kappa shape index (κ3) is 7.00. The molecule has 2 amide bonds. The Balaban J connectivity index is 2.61. The Morgan fingerprint density at radius 2 is 1.85 bits per heavy atom. The predicted octanol–water partition coefficient (Wildman–Crippen LogP) is 1.83. The van der Waals surface area contributed by atoms with Crippen molar-refractivity contribution in [3.05, 3.63) is 30.1 Å². The highest BCUT2D eigenvalue weighted by Gasteiger charge is 2.27. The first-order chi connectivity index (χ1) is 12.0. The van der Waals surface area contributed by atoms with Gasteiger partial charge in [-0.2, -0.15) is 0 Å². The monoisotopic (exact) mass is 367 g/mol. The van der Waals surface area contributed by atoms with Gasteiger partial charge >= 0.3 is 0 Å². The molecule has 0 aliphatic heterocycles. The summed E-state index contributed by atoms with van der Waals surface area (Å²) in [6.45, 7) is 9.42. The number of amides is 2. The van der Waals surface area contributed by atoms with Gasteiger partial charge < -0.3 is 21.1 Å². The van der Waals surface area contributed by atoms with E-state index in [0.29, 0.717) is 0 Å². The normalized spacial score (nSPS) is 13.8. The number of hydrogen-bond acceptors (Lipinski definition) is 4. The van der Waals surface area contributed by atoms with E-state index in [2.05, 4.69) is 10.6 Å². The standard InChI is InChI=1S/C19H30FN3O3/c1-12(2)17(21)18(25)22-10-16(24)23-15(19(3,4)5)11-26-14-9-7-6-8-13(14)20/h6-9,12,15,17H,10-11,21H2,1-5H3,(H,22,25)(H,23,24)/t15?,17-/m0/s1. The van der Waals surface area contributed by atoms with E-state index in [-0.39, 0.29) is 48.1 Å². The molecule has 0 saturated carbocycles. The highest BCUT2D eigenvalue weighted by Crippen LogP contribution is 2.22. The fraction of sp³-hybridized carbons (Fsp3) is 0.579. The van der Waals surface area contributed by atoms with Crippen LogP contribution < -0.4 is 21.1 Å². The van der Waals surface area contributed by atoms with Crippen molar-refractivity contribution >= 4 is 11.8 Å². The summed E-state index contributed by atoms with van der Waals surface area (Å²) in [5, 5.41) is 5.35. The molecule has 26 heavy (non-hydrogen) atoms. The molecule has 1 aromatic carbocycles. The van der Waals surface area contributed by atoms with Crippen LogP contribution in [0.3, 0.4) is 0 Å². The molecule has 0 aromatic heterocycles. The Bertz CT molecular complexity index is 614. The van der Waals surface area contributed by atoms with Crippen LogP contribution in [-0.4, -0.2) is 37.0 Å². The Hall–Kier alpha value is -2.15. The molecule has 4 N–H and O–H groups in total. The average Bonchev–Trinajstić information content (AvgIpc) is 2.55. The first-order valence-electron chi connectivity index (χ1n) is 8.72. The maximum atomic E-state index is 13.7. The van der Waals surface area contributed by atoms with Crippen LogP contribution in [-0.2, 0) is 9.59 Å². The van der Waals surface area contributed by atoms with Gasteiger partial charge in [0.05, 0.1) is 18.6 Å². The summed E-state index contributed by atoms with van der Waals surface area (Å²) in [6.07, 6.45) is 0. The van der Waals surface area contributed by atoms with E-state index in [0.717, 1.165) is 0 Å². The van der Waals surface area contributed by atoms with E-state index < -0.39 is 11.9 Å². The molecular formula is C19H30FN3O3. The van der Waals surface area contributed by atoms with Gasteiger partial charge in [0.25, 0.3) is 0 Å². The number of carbonyl (C=O) groups excluding carboxylic acids is 2. The largest absolute Gasteiger partial charge is 0.488 e. The lowest BCUT2D eigenvalue weighted by Gasteiger charge is -2.31. The fourth-order valence-electron chi connectivity index (χ4n) is 2.08. The number of benzene rings is 1. The van der Waals surface area contributed by atoms with Crippen molar-refractivity contribution in [2.45, 2.75) is 46.7 Å². The lowest BCUT2D eigenvalue weighted by molar-refractivity contribution is -0.128. The van der Waals surface area contributed by atoms with E-state index in [4.69, 9.17) is 10.5 Å². The molecule has 0 aliphatic rings. The van der Waals surface area contributed by atoms with Gasteiger partial charge in [-0.05, 0) is 23.5 Å². The molecule has 7 heteroatoms. The highest BCUT2D eigenvalue weighted by atomic mass is 19.1. The van der Waals surface area contributed by atoms with Crippen LogP contribution in [0.4, 0.5) is 4.39 Å². The van der Waals surface area contributed by atoms with E-state index in [1.807, 2.05) is 34.6 Å². The smallest absolute Gasteiger partial charge is 0.239 e. The SMILES string of the molecule is CC(C)[C@H](N)C(=O)NCC(=O)NC(COc1ccccc1F)C(C)(C)C. The van der Waals surface area contributed by atoms with E-state index in [1.165, 1.54) is 12.1 Å². The van der Waals surface area contributed by atoms with Gasteiger partial charge in [0.1, 0.15) is 6.61 Å². The minimum Gasteiger partial charge on any atom is -0.488 e. The second kappa shape index (κ2) is 9.52. The van der Waals surface area contributed by atoms with E-state index in [9.17, 15) is 14.0 Å². The van der Waals surface area contributed by atoms with Crippen LogP contribution in [0.5, 0.6) is 5.75 Å². The number of hydrogen-bond donors (Lipinski definition) is 3. The van der Waals surface area contributed by atoms with Crippen molar-refractivity contribution in [1.29, 1.82) is 0 Å². The molecule has 0 radical (unpaired) electrons. The van der Waals surface area contributed by atoms with Crippen LogP contribution in [0.25, 0.3) is 0 Å². The molecule has 0 saturated heterocycles. The summed E-state index contributed by atoms with van der Waals surface area (Å²) in [4.78, 5) is 24.0. The molecule has 0 fully saturated rings. The average molecular weight is 367 g/mol. The minimum absolute atomic E-state index is 0.0189. The molecule has 0 aliphatic carbocycles. The molecule has 0 heterocycles. The molecular weight excluding hydrogens is 337 g/mol. The van der Waals surface area contributed by atoms with Crippen LogP contribution in [0.2, 0.25) is 0 Å². The third-order valence-electron chi connectivity index (χ3n) is 4.07. The molecule has 6 nitrogen and oxygen atoms in total. The molecule has 0 spiro atoms. The third-order valence-corrected chi connectivity index (χ3v) is 4.07. The quantitative estimate of drug-likeness (QED) is 0.653. The predicted molar refractivity (Wildman–Crippen MR) is 99.1 cm³/mol. The van der Waals surface area contributed by atoms with Crippen molar-refractivity contribution in [3.8, 4) is 5.75 Å². The number of carbonyl (C=O) groups is 2. The summed E-state index contributed by atoms with van der Waals surface area (Å²) in [5.74, 6) is -1.07. The molecule has 0 bridgehead atoms. The van der Waals surface area contributed by atoms with E-state index >= 15 is 0 Å². The first-order valence-corrected chi connectivity index (χ1v) is 8.72. The van der Waals surface area contributed by atoms with Crippen molar-refractivity contribution < 1.29 is 18.7 Å². The lowest BCUT2D eigenvalue weighted by atomic mass is 9.87. The zero-order valence-electron chi connectivity index (χ0n) is 16.1. The second-order valence-electron chi connectivity index (χ2n) is 7.72. The number of nitrogens with one attached hydrogen (secondary N) is 2. The Morgan fingerprint density at radius 3 is 2.38 bits per heavy atom. The summed E-state index contributed by atoms with van der Waals surface area (Å²) in [7, 11) is 0. The Kier molecular flexibility index (Phi) is 8.02. The van der Waals surface area contributed by atoms with Crippen molar-refractivity contribution in [1.82, 2.24) is 10.6 Å². The summed E-state index contributed by atoms with van der Waals surface area (Å²) in [5.41, 5.74) is 5.42. The molecule has 1 aromatic rings. The maximum Gasteiger partial charge on any atom is 0.239 e. The molecule has 1 unspecified atom stereocenters. The zero-order chi connectivity index (χ0) is 19.9. The van der Waals surface area contributed by atoms with Gasteiger partial charge in [-0.3, -0.25) is 9.59 Å². The number of nitrogens with two attached hydrogens (primary N) is 1. The van der Waals surface area contributed by atoms with Gasteiger partial charge in [0.2, 0.25) is 11.8 Å². The van der Waals surface area contributed by atoms with Crippen molar-refractivity contribution in [2.75, 3.05) is 13.2 Å². The zero-order valence-corrected chi connectivity index (χ0v) is 16.1. The van der Waals surface area contributed by atoms with Crippen molar-refractivity contribution in [2.24, 2.45) is 17.1 Å². The topological polar surface area (TPSA) is 93.5 Å². The summed E-state index contributed by atoms with van der Waals surface area (Å²) >= 11 is 0. The fourth-order valence-corrected chi connectivity index (χ4v) is 2.08. The Labute approximate surface area is 154 Å². The molecule has 2 atom stereocenters. The van der Waals surface area contributed by atoms with Gasteiger partial charge in [-0.25, -0.2) is 4.39 Å². The summed E-state index contributed by atoms with van der Waals surface area (Å²) < 4.78 is 19.2. The van der Waals surface area contributed by atoms with Gasteiger partial charge in [-0.15, -0.1) is 0 Å². The summed E-state index contributed by atoms with van der Waals surface area (Å²) in [6, 6.07) is 5.07. The lowest BCUT2D eigenvalue weighted by Crippen LogP contribution is -2.52. The van der Waals surface area contributed by atoms with E-state index in [1.54, 1.807) is 12.1 Å². The van der Waals surface area contributed by atoms with Crippen LogP contribution >= 0.6 is 0 Å². The van der Waals surface area contributed by atoms with Crippen molar-refractivity contribution in [3.63, 3.8) is 0 Å². The molecule has 1 rings (SSSR count). The highest BCUT2D eigenvalue weighted by molar-refractivity contribution is 5.87. The Morgan fingerprint density at radius 1 is 1.23 bits per heavy atom.